The number of nitro groups is 1. The molecule has 1 atom stereocenters. The van der Waals surface area contributed by atoms with Crippen molar-refractivity contribution in [1.82, 2.24) is 4.90 Å². The van der Waals surface area contributed by atoms with Crippen LogP contribution in [0.25, 0.3) is 0 Å². The van der Waals surface area contributed by atoms with E-state index in [2.05, 4.69) is 0 Å². The second-order valence-corrected chi connectivity index (χ2v) is 5.31. The number of benzene rings is 1. The lowest BCUT2D eigenvalue weighted by Gasteiger charge is -2.23. The number of carbonyl (C=O) groups is 1. The molecule has 6 nitrogen and oxygen atoms in total. The van der Waals surface area contributed by atoms with Gasteiger partial charge in [-0.2, -0.15) is 0 Å². The molecule has 1 heterocycles. The van der Waals surface area contributed by atoms with Crippen molar-refractivity contribution < 1.29 is 14.8 Å². The average Bonchev–Trinajstić information content (AvgIpc) is 2.89. The van der Waals surface area contributed by atoms with Crippen LogP contribution in [0, 0.1) is 10.1 Å². The van der Waals surface area contributed by atoms with E-state index in [4.69, 9.17) is 23.2 Å². The monoisotopic (exact) mass is 318 g/mol. The lowest BCUT2D eigenvalue weighted by molar-refractivity contribution is -0.384. The fourth-order valence-electron chi connectivity index (χ4n) is 2.28. The Balaban J connectivity index is 2.41. The molecule has 1 saturated heterocycles. The molecule has 1 aromatic carbocycles. The van der Waals surface area contributed by atoms with Gasteiger partial charge in [0.1, 0.15) is 0 Å². The first-order chi connectivity index (χ1) is 9.45. The minimum atomic E-state index is -0.632. The quantitative estimate of drug-likeness (QED) is 0.685. The molecule has 0 aromatic heterocycles. The van der Waals surface area contributed by atoms with Crippen LogP contribution in [0.15, 0.2) is 12.1 Å². The molecule has 0 saturated carbocycles. The van der Waals surface area contributed by atoms with E-state index in [0.717, 1.165) is 18.6 Å². The Morgan fingerprint density at radius 2 is 2.20 bits per heavy atom. The number of rotatable bonds is 3. The minimum Gasteiger partial charge on any atom is -0.394 e. The van der Waals surface area contributed by atoms with Gasteiger partial charge in [-0.25, -0.2) is 0 Å². The number of likely N-dealkylation sites (tertiary alicyclic amines) is 1. The summed E-state index contributed by atoms with van der Waals surface area (Å²) in [6, 6.07) is 1.94. The molecule has 2 rings (SSSR count). The van der Waals surface area contributed by atoms with Crippen molar-refractivity contribution in [3.8, 4) is 0 Å². The Hall–Kier alpha value is -1.37. The van der Waals surface area contributed by atoms with Gasteiger partial charge in [-0.1, -0.05) is 23.2 Å². The number of amides is 1. The van der Waals surface area contributed by atoms with Crippen molar-refractivity contribution in [3.63, 3.8) is 0 Å². The van der Waals surface area contributed by atoms with Gasteiger partial charge in [0.2, 0.25) is 0 Å². The van der Waals surface area contributed by atoms with Crippen molar-refractivity contribution in [2.75, 3.05) is 13.2 Å². The van der Waals surface area contributed by atoms with E-state index >= 15 is 0 Å². The molecule has 108 valence electrons. The SMILES string of the molecule is O=C(c1cc([N+](=O)[O-])cc(Cl)c1Cl)N1CCC[C@@H]1CO. The van der Waals surface area contributed by atoms with Gasteiger partial charge in [-0.15, -0.1) is 0 Å². The van der Waals surface area contributed by atoms with Crippen LogP contribution in [0.1, 0.15) is 23.2 Å². The van der Waals surface area contributed by atoms with Crippen LogP contribution >= 0.6 is 23.2 Å². The van der Waals surface area contributed by atoms with Crippen molar-refractivity contribution in [2.45, 2.75) is 18.9 Å². The van der Waals surface area contributed by atoms with Gasteiger partial charge < -0.3 is 10.0 Å². The number of nitrogens with zero attached hydrogens (tertiary/aromatic N) is 2. The van der Waals surface area contributed by atoms with Crippen LogP contribution in [0.5, 0.6) is 0 Å². The zero-order valence-corrected chi connectivity index (χ0v) is 11.9. The van der Waals surface area contributed by atoms with Crippen LogP contribution in [0.3, 0.4) is 0 Å². The number of non-ortho nitro benzene ring substituents is 1. The summed E-state index contributed by atoms with van der Waals surface area (Å²) in [5, 5.41) is 20.0. The highest BCUT2D eigenvalue weighted by Crippen LogP contribution is 2.33. The molecular weight excluding hydrogens is 307 g/mol. The second kappa shape index (κ2) is 5.95. The van der Waals surface area contributed by atoms with Crippen LogP contribution in [0.2, 0.25) is 10.0 Å². The zero-order valence-electron chi connectivity index (χ0n) is 10.4. The number of aliphatic hydroxyl groups is 1. The highest BCUT2D eigenvalue weighted by molar-refractivity contribution is 6.44. The Kier molecular flexibility index (Phi) is 4.47. The van der Waals surface area contributed by atoms with Gasteiger partial charge in [0.25, 0.3) is 11.6 Å². The summed E-state index contributed by atoms with van der Waals surface area (Å²) in [6.45, 7) is 0.340. The standard InChI is InChI=1S/C12H12Cl2N2O4/c13-10-5-8(16(19)20)4-9(11(10)14)12(18)15-3-1-2-7(15)6-17/h4-5,7,17H,1-3,6H2/t7-/m1/s1. The van der Waals surface area contributed by atoms with Crippen LogP contribution in [-0.2, 0) is 0 Å². The molecule has 0 bridgehead atoms. The lowest BCUT2D eigenvalue weighted by atomic mass is 10.1. The number of carbonyl (C=O) groups excluding carboxylic acids is 1. The largest absolute Gasteiger partial charge is 0.394 e. The molecule has 1 amide bonds. The third kappa shape index (κ3) is 2.72. The average molecular weight is 319 g/mol. The molecule has 0 unspecified atom stereocenters. The third-order valence-corrected chi connectivity index (χ3v) is 4.10. The first kappa shape index (κ1) is 15.0. The van der Waals surface area contributed by atoms with Crippen molar-refractivity contribution in [1.29, 1.82) is 0 Å². The molecule has 0 spiro atoms. The Morgan fingerprint density at radius 3 is 2.80 bits per heavy atom. The Bertz CT molecular complexity index is 565. The van der Waals surface area contributed by atoms with E-state index < -0.39 is 10.8 Å². The van der Waals surface area contributed by atoms with Crippen LogP contribution in [0.4, 0.5) is 5.69 Å². The van der Waals surface area contributed by atoms with E-state index in [0.29, 0.717) is 13.0 Å². The molecule has 20 heavy (non-hydrogen) atoms. The summed E-state index contributed by atoms with van der Waals surface area (Å²) in [5.41, 5.74) is -0.297. The van der Waals surface area contributed by atoms with E-state index in [1.54, 1.807) is 0 Å². The second-order valence-electron chi connectivity index (χ2n) is 4.52. The van der Waals surface area contributed by atoms with E-state index in [-0.39, 0.29) is 33.9 Å². The van der Waals surface area contributed by atoms with E-state index in [1.807, 2.05) is 0 Å². The van der Waals surface area contributed by atoms with Crippen molar-refractivity contribution >= 4 is 34.8 Å². The number of nitro benzene ring substituents is 1. The molecule has 1 fully saturated rings. The summed E-state index contributed by atoms with van der Waals surface area (Å²) in [4.78, 5) is 24.1. The maximum absolute atomic E-state index is 12.4. The Labute approximate surface area is 125 Å². The summed E-state index contributed by atoms with van der Waals surface area (Å²) in [6.07, 6.45) is 1.47. The van der Waals surface area contributed by atoms with E-state index in [1.165, 1.54) is 4.90 Å². The fourth-order valence-corrected chi connectivity index (χ4v) is 2.69. The number of hydrogen-bond donors (Lipinski definition) is 1. The van der Waals surface area contributed by atoms with Crippen molar-refractivity contribution in [3.05, 3.63) is 37.9 Å². The van der Waals surface area contributed by atoms with Gasteiger partial charge in [-0.05, 0) is 12.8 Å². The van der Waals surface area contributed by atoms with Gasteiger partial charge in [0, 0.05) is 18.7 Å². The molecule has 1 aliphatic rings. The summed E-state index contributed by atoms with van der Waals surface area (Å²) in [7, 11) is 0. The fraction of sp³-hybridized carbons (Fsp3) is 0.417. The topological polar surface area (TPSA) is 83.7 Å². The third-order valence-electron chi connectivity index (χ3n) is 3.30. The van der Waals surface area contributed by atoms with Gasteiger partial charge in [0.15, 0.2) is 0 Å². The maximum Gasteiger partial charge on any atom is 0.271 e. The molecule has 0 aliphatic carbocycles. The molecular formula is C12H12Cl2N2O4. The summed E-state index contributed by atoms with van der Waals surface area (Å²) < 4.78 is 0. The normalized spacial score (nSPS) is 18.4. The van der Waals surface area contributed by atoms with Gasteiger partial charge in [-0.3, -0.25) is 14.9 Å². The molecule has 8 heteroatoms. The molecule has 1 aromatic rings. The van der Waals surface area contributed by atoms with Crippen LogP contribution in [-0.4, -0.2) is 40.0 Å². The van der Waals surface area contributed by atoms with E-state index in [9.17, 15) is 20.0 Å². The first-order valence-electron chi connectivity index (χ1n) is 6.01. The zero-order chi connectivity index (χ0) is 14.9. The summed E-state index contributed by atoms with van der Waals surface area (Å²) in [5.74, 6) is -0.447. The predicted octanol–water partition coefficient (Wildman–Crippen LogP) is 2.50. The smallest absolute Gasteiger partial charge is 0.271 e. The Morgan fingerprint density at radius 1 is 1.50 bits per heavy atom. The highest BCUT2D eigenvalue weighted by atomic mass is 35.5. The van der Waals surface area contributed by atoms with Crippen molar-refractivity contribution in [2.24, 2.45) is 0 Å². The lowest BCUT2D eigenvalue weighted by Crippen LogP contribution is -2.37. The molecule has 0 radical (unpaired) electrons. The van der Waals surface area contributed by atoms with Gasteiger partial charge >= 0.3 is 0 Å². The van der Waals surface area contributed by atoms with Crippen LogP contribution < -0.4 is 0 Å². The first-order valence-corrected chi connectivity index (χ1v) is 6.76. The highest BCUT2D eigenvalue weighted by Gasteiger charge is 2.31. The summed E-state index contributed by atoms with van der Waals surface area (Å²) >= 11 is 11.8. The number of aliphatic hydroxyl groups excluding tert-OH is 1. The number of halogens is 2. The molecule has 1 N–H and O–H groups in total. The maximum atomic E-state index is 12.4. The number of hydrogen-bond acceptors (Lipinski definition) is 4. The molecule has 1 aliphatic heterocycles. The minimum absolute atomic E-state index is 0.00813. The predicted molar refractivity (Wildman–Crippen MR) is 74.3 cm³/mol. The van der Waals surface area contributed by atoms with Gasteiger partial charge in [0.05, 0.1) is 33.2 Å².